The molecule has 0 aliphatic carbocycles. The minimum absolute atomic E-state index is 0.120. The Hall–Kier alpha value is -1.69. The molecule has 2 unspecified atom stereocenters. The van der Waals surface area contributed by atoms with Gasteiger partial charge in [-0.3, -0.25) is 4.79 Å². The van der Waals surface area contributed by atoms with E-state index in [0.29, 0.717) is 22.4 Å². The van der Waals surface area contributed by atoms with E-state index in [2.05, 4.69) is 0 Å². The van der Waals surface area contributed by atoms with E-state index >= 15 is 0 Å². The highest BCUT2D eigenvalue weighted by molar-refractivity contribution is 7.99. The molecule has 1 saturated heterocycles. The molecule has 3 rings (SSSR count). The van der Waals surface area contributed by atoms with Gasteiger partial charge in [-0.25, -0.2) is 4.79 Å². The molecule has 2 aromatic rings. The van der Waals surface area contributed by atoms with E-state index in [-0.39, 0.29) is 23.7 Å². The highest BCUT2D eigenvalue weighted by Gasteiger charge is 2.43. The molecule has 28 heavy (non-hydrogen) atoms. The van der Waals surface area contributed by atoms with Gasteiger partial charge < -0.3 is 9.64 Å². The molecule has 0 spiro atoms. The van der Waals surface area contributed by atoms with Gasteiger partial charge in [0.1, 0.15) is 11.4 Å². The second kappa shape index (κ2) is 9.68. The number of rotatable bonds is 6. The van der Waals surface area contributed by atoms with Crippen LogP contribution in [-0.4, -0.2) is 35.2 Å². The second-order valence-electron chi connectivity index (χ2n) is 6.51. The fourth-order valence-corrected chi connectivity index (χ4v) is 4.81. The first-order chi connectivity index (χ1) is 13.5. The third-order valence-electron chi connectivity index (χ3n) is 4.44. The fourth-order valence-electron chi connectivity index (χ4n) is 3.08. The molecule has 1 amide bonds. The molecule has 1 aliphatic heterocycles. The number of amides is 1. The minimum atomic E-state index is -0.618. The zero-order valence-electron chi connectivity index (χ0n) is 15.4. The lowest BCUT2D eigenvalue weighted by molar-refractivity contribution is -0.154. The Morgan fingerprint density at radius 2 is 1.89 bits per heavy atom. The maximum atomic E-state index is 13.2. The van der Waals surface area contributed by atoms with Gasteiger partial charge in [0.2, 0.25) is 5.91 Å². The monoisotopic (exact) mass is 437 g/mol. The van der Waals surface area contributed by atoms with E-state index in [1.807, 2.05) is 43.3 Å². The number of nitrogens with zero attached hydrogens (tertiary/aromatic N) is 1. The molecule has 0 bridgehead atoms. The number of hydrogen-bond donors (Lipinski definition) is 0. The van der Waals surface area contributed by atoms with Crippen molar-refractivity contribution in [1.29, 1.82) is 0 Å². The van der Waals surface area contributed by atoms with Crippen LogP contribution >= 0.6 is 35.0 Å². The summed E-state index contributed by atoms with van der Waals surface area (Å²) in [5, 5.41) is 0.562. The summed E-state index contributed by atoms with van der Waals surface area (Å²) in [7, 11) is 0. The Morgan fingerprint density at radius 1 is 1.14 bits per heavy atom. The Balaban J connectivity index is 1.88. The van der Waals surface area contributed by atoms with E-state index in [0.717, 1.165) is 17.5 Å². The molecule has 7 heteroatoms. The first-order valence-electron chi connectivity index (χ1n) is 9.09. The van der Waals surface area contributed by atoms with Crippen molar-refractivity contribution in [2.24, 2.45) is 0 Å². The number of thioether (sulfide) groups is 1. The number of hydrogen-bond acceptors (Lipinski definition) is 4. The van der Waals surface area contributed by atoms with E-state index in [1.54, 1.807) is 17.0 Å². The molecule has 0 aromatic heterocycles. The minimum Gasteiger partial charge on any atom is -0.464 e. The van der Waals surface area contributed by atoms with Crippen LogP contribution in [0.25, 0.3) is 0 Å². The zero-order valence-corrected chi connectivity index (χ0v) is 17.8. The van der Waals surface area contributed by atoms with Crippen LogP contribution in [0.1, 0.15) is 29.8 Å². The average molecular weight is 438 g/mol. The number of esters is 1. The smallest absolute Gasteiger partial charge is 0.329 e. The molecular formula is C21H21Cl2NO3S. The van der Waals surface area contributed by atoms with Crippen molar-refractivity contribution < 1.29 is 14.3 Å². The van der Waals surface area contributed by atoms with Crippen LogP contribution in [0.15, 0.2) is 48.5 Å². The fraction of sp³-hybridized carbons (Fsp3) is 0.333. The summed E-state index contributed by atoms with van der Waals surface area (Å²) in [6, 6.07) is 14.2. The van der Waals surface area contributed by atoms with Gasteiger partial charge in [-0.15, -0.1) is 11.8 Å². The van der Waals surface area contributed by atoms with Gasteiger partial charge in [0.25, 0.3) is 0 Å². The van der Waals surface area contributed by atoms with Gasteiger partial charge in [-0.1, -0.05) is 66.5 Å². The Bertz CT molecular complexity index is 847. The topological polar surface area (TPSA) is 46.6 Å². The summed E-state index contributed by atoms with van der Waals surface area (Å²) in [4.78, 5) is 27.4. The summed E-state index contributed by atoms with van der Waals surface area (Å²) in [6.07, 6.45) is 0.955. The predicted octanol–water partition coefficient (Wildman–Crippen LogP) is 5.13. The van der Waals surface area contributed by atoms with Gasteiger partial charge in [-0.05, 0) is 29.7 Å². The average Bonchev–Trinajstić information content (AvgIpc) is 3.14. The van der Waals surface area contributed by atoms with E-state index in [4.69, 9.17) is 27.9 Å². The molecule has 0 radical (unpaired) electrons. The summed E-state index contributed by atoms with van der Waals surface area (Å²) in [5.41, 5.74) is 1.74. The van der Waals surface area contributed by atoms with E-state index < -0.39 is 6.04 Å². The van der Waals surface area contributed by atoms with Crippen LogP contribution in [0.3, 0.4) is 0 Å². The van der Waals surface area contributed by atoms with E-state index in [9.17, 15) is 9.59 Å². The largest absolute Gasteiger partial charge is 0.464 e. The maximum Gasteiger partial charge on any atom is 0.329 e. The lowest BCUT2D eigenvalue weighted by atomic mass is 10.1. The molecule has 1 aliphatic rings. The zero-order chi connectivity index (χ0) is 20.1. The summed E-state index contributed by atoms with van der Waals surface area (Å²) < 4.78 is 5.34. The quantitative estimate of drug-likeness (QED) is 0.587. The summed E-state index contributed by atoms with van der Waals surface area (Å²) in [6.45, 7) is 2.28. The van der Waals surface area contributed by atoms with Crippen molar-refractivity contribution in [3.8, 4) is 0 Å². The SMILES string of the molecule is CCCOC(=O)C1CSC(c2ccc(Cl)c(Cl)c2)N1C(=O)Cc1ccccc1. The summed E-state index contributed by atoms with van der Waals surface area (Å²) >= 11 is 13.7. The lowest BCUT2D eigenvalue weighted by Gasteiger charge is -2.29. The highest BCUT2D eigenvalue weighted by atomic mass is 35.5. The number of halogens is 2. The van der Waals surface area contributed by atoms with Crippen LogP contribution < -0.4 is 0 Å². The molecule has 2 atom stereocenters. The Kier molecular flexibility index (Phi) is 7.27. The van der Waals surface area contributed by atoms with Crippen molar-refractivity contribution in [3.63, 3.8) is 0 Å². The molecule has 1 fully saturated rings. The molecule has 0 N–H and O–H groups in total. The molecule has 148 valence electrons. The number of ether oxygens (including phenoxy) is 1. The first-order valence-corrected chi connectivity index (χ1v) is 10.9. The van der Waals surface area contributed by atoms with Crippen LogP contribution in [0, 0.1) is 0 Å². The van der Waals surface area contributed by atoms with Crippen molar-refractivity contribution in [2.75, 3.05) is 12.4 Å². The first kappa shape index (κ1) is 21.0. The van der Waals surface area contributed by atoms with Crippen molar-refractivity contribution in [1.82, 2.24) is 4.90 Å². The molecule has 0 saturated carbocycles. The molecule has 2 aromatic carbocycles. The summed E-state index contributed by atoms with van der Waals surface area (Å²) in [5.74, 6) is -0.00222. The van der Waals surface area contributed by atoms with Crippen LogP contribution in [0.2, 0.25) is 10.0 Å². The number of benzene rings is 2. The third kappa shape index (κ3) is 4.83. The number of carbonyl (C=O) groups excluding carboxylic acids is 2. The third-order valence-corrected chi connectivity index (χ3v) is 6.50. The number of carbonyl (C=O) groups is 2. The van der Waals surface area contributed by atoms with Crippen LogP contribution in [-0.2, 0) is 20.7 Å². The highest BCUT2D eigenvalue weighted by Crippen LogP contribution is 2.43. The normalized spacial score (nSPS) is 18.9. The maximum absolute atomic E-state index is 13.2. The van der Waals surface area contributed by atoms with Gasteiger partial charge in [0, 0.05) is 5.75 Å². The van der Waals surface area contributed by atoms with Crippen molar-refractivity contribution in [2.45, 2.75) is 31.2 Å². The molecule has 4 nitrogen and oxygen atoms in total. The van der Waals surface area contributed by atoms with Crippen LogP contribution in [0.5, 0.6) is 0 Å². The standard InChI is InChI=1S/C21H21Cl2NO3S/c1-2-10-27-21(26)18-13-28-20(15-8-9-16(22)17(23)12-15)24(18)19(25)11-14-6-4-3-5-7-14/h3-9,12,18,20H,2,10-11,13H2,1H3. The second-order valence-corrected chi connectivity index (χ2v) is 8.43. The van der Waals surface area contributed by atoms with Crippen molar-refractivity contribution >= 4 is 46.8 Å². The van der Waals surface area contributed by atoms with Crippen molar-refractivity contribution in [3.05, 3.63) is 69.7 Å². The molecule has 1 heterocycles. The van der Waals surface area contributed by atoms with E-state index in [1.165, 1.54) is 11.8 Å². The predicted molar refractivity (Wildman–Crippen MR) is 114 cm³/mol. The van der Waals surface area contributed by atoms with Gasteiger partial charge in [-0.2, -0.15) is 0 Å². The molecular weight excluding hydrogens is 417 g/mol. The van der Waals surface area contributed by atoms with Gasteiger partial charge in [0.15, 0.2) is 0 Å². The van der Waals surface area contributed by atoms with Gasteiger partial charge >= 0.3 is 5.97 Å². The Labute approximate surface area is 179 Å². The van der Waals surface area contributed by atoms with Gasteiger partial charge in [0.05, 0.1) is 23.1 Å². The van der Waals surface area contributed by atoms with Crippen LogP contribution in [0.4, 0.5) is 0 Å². The Morgan fingerprint density at radius 3 is 2.57 bits per heavy atom. The lowest BCUT2D eigenvalue weighted by Crippen LogP contribution is -2.44.